The van der Waals surface area contributed by atoms with Gasteiger partial charge in [-0.2, -0.15) is 13.2 Å². The number of nitrogens with one attached hydrogen (secondary N) is 1. The van der Waals surface area contributed by atoms with Gasteiger partial charge in [0.25, 0.3) is 0 Å². The molecule has 1 N–H and O–H groups in total. The fraction of sp³-hybridized carbons (Fsp3) is 0.286. The van der Waals surface area contributed by atoms with Crippen LogP contribution in [0.3, 0.4) is 0 Å². The zero-order valence-corrected chi connectivity index (χ0v) is 14.7. The van der Waals surface area contributed by atoms with Crippen molar-refractivity contribution in [3.05, 3.63) is 72.1 Å². The van der Waals surface area contributed by atoms with Gasteiger partial charge in [0.2, 0.25) is 0 Å². The molecule has 0 spiro atoms. The van der Waals surface area contributed by atoms with Crippen LogP contribution in [0, 0.1) is 0 Å². The minimum absolute atomic E-state index is 0.332. The molecule has 0 amide bonds. The maximum absolute atomic E-state index is 12.7. The first-order chi connectivity index (χ1) is 13.0. The number of nitrogens with zero attached hydrogens (tertiary/aromatic N) is 2. The Morgan fingerprint density at radius 3 is 2.63 bits per heavy atom. The standard InChI is InChI=1S/C21H20F3N3/c22-21(23,24)18-4-1-15(2-5-18)13-27-10-8-20(14-27)26-19-6-3-17-12-25-9-7-16(17)11-19/h1-7,9,11-12,20,26H,8,10,13-14H2/t20-/m1/s1. The summed E-state index contributed by atoms with van der Waals surface area (Å²) < 4.78 is 38.0. The van der Waals surface area contributed by atoms with Gasteiger partial charge in [-0.05, 0) is 47.7 Å². The van der Waals surface area contributed by atoms with Crippen LogP contribution in [-0.4, -0.2) is 29.0 Å². The molecule has 3 nitrogen and oxygen atoms in total. The molecule has 0 bridgehead atoms. The Bertz CT molecular complexity index is 922. The number of pyridine rings is 1. The summed E-state index contributed by atoms with van der Waals surface area (Å²) in [7, 11) is 0. The number of rotatable bonds is 4. The SMILES string of the molecule is FC(F)(F)c1ccc(CN2CC[C@@H](Nc3ccc4cnccc4c3)C2)cc1. The molecule has 1 fully saturated rings. The van der Waals surface area contributed by atoms with Crippen molar-refractivity contribution in [2.75, 3.05) is 18.4 Å². The van der Waals surface area contributed by atoms with Crippen LogP contribution >= 0.6 is 0 Å². The molecule has 1 aliphatic heterocycles. The van der Waals surface area contributed by atoms with Crippen LogP contribution < -0.4 is 5.32 Å². The van der Waals surface area contributed by atoms with Gasteiger partial charge >= 0.3 is 6.18 Å². The highest BCUT2D eigenvalue weighted by Crippen LogP contribution is 2.29. The van der Waals surface area contributed by atoms with Crippen LogP contribution in [0.15, 0.2) is 60.9 Å². The Kier molecular flexibility index (Phi) is 4.74. The third kappa shape index (κ3) is 4.22. The van der Waals surface area contributed by atoms with Gasteiger partial charge in [0.15, 0.2) is 0 Å². The third-order valence-electron chi connectivity index (χ3n) is 4.97. The lowest BCUT2D eigenvalue weighted by Gasteiger charge is -2.18. The maximum atomic E-state index is 12.7. The van der Waals surface area contributed by atoms with Crippen LogP contribution in [0.4, 0.5) is 18.9 Å². The van der Waals surface area contributed by atoms with Crippen LogP contribution in [0.2, 0.25) is 0 Å². The topological polar surface area (TPSA) is 28.2 Å². The molecule has 0 saturated carbocycles. The zero-order valence-electron chi connectivity index (χ0n) is 14.7. The van der Waals surface area contributed by atoms with Crippen molar-refractivity contribution in [1.82, 2.24) is 9.88 Å². The molecule has 0 aliphatic carbocycles. The first-order valence-electron chi connectivity index (χ1n) is 8.96. The fourth-order valence-corrected chi connectivity index (χ4v) is 3.56. The molecule has 3 aromatic rings. The van der Waals surface area contributed by atoms with E-state index in [2.05, 4.69) is 33.4 Å². The molecule has 0 radical (unpaired) electrons. The van der Waals surface area contributed by atoms with Gasteiger partial charge in [-0.3, -0.25) is 9.88 Å². The van der Waals surface area contributed by atoms with E-state index in [0.717, 1.165) is 53.7 Å². The minimum Gasteiger partial charge on any atom is -0.381 e. The molecule has 1 aromatic heterocycles. The summed E-state index contributed by atoms with van der Waals surface area (Å²) in [5.74, 6) is 0. The lowest BCUT2D eigenvalue weighted by Crippen LogP contribution is -2.26. The number of halogens is 3. The first kappa shape index (κ1) is 17.8. The van der Waals surface area contributed by atoms with Gasteiger partial charge in [0.05, 0.1) is 5.56 Å². The maximum Gasteiger partial charge on any atom is 0.416 e. The number of anilines is 1. The summed E-state index contributed by atoms with van der Waals surface area (Å²) in [6.07, 6.45) is 0.361. The van der Waals surface area contributed by atoms with Crippen molar-refractivity contribution in [2.24, 2.45) is 0 Å². The summed E-state index contributed by atoms with van der Waals surface area (Å²) in [6, 6.07) is 14.0. The second kappa shape index (κ2) is 7.19. The van der Waals surface area contributed by atoms with Crippen molar-refractivity contribution in [3.63, 3.8) is 0 Å². The Morgan fingerprint density at radius 1 is 1.04 bits per heavy atom. The molecule has 140 valence electrons. The molecule has 2 heterocycles. The summed E-state index contributed by atoms with van der Waals surface area (Å²) in [5, 5.41) is 5.82. The number of likely N-dealkylation sites (tertiary alicyclic amines) is 1. The summed E-state index contributed by atoms with van der Waals surface area (Å²) >= 11 is 0. The summed E-state index contributed by atoms with van der Waals surface area (Å²) in [4.78, 5) is 6.39. The fourth-order valence-electron chi connectivity index (χ4n) is 3.56. The molecule has 27 heavy (non-hydrogen) atoms. The quantitative estimate of drug-likeness (QED) is 0.704. The zero-order chi connectivity index (χ0) is 18.9. The van der Waals surface area contributed by atoms with Gasteiger partial charge in [-0.15, -0.1) is 0 Å². The normalized spacial score (nSPS) is 18.1. The molecular formula is C21H20F3N3. The number of aromatic nitrogens is 1. The highest BCUT2D eigenvalue weighted by atomic mass is 19.4. The van der Waals surface area contributed by atoms with E-state index in [1.54, 1.807) is 18.3 Å². The number of benzene rings is 2. The second-order valence-electron chi connectivity index (χ2n) is 7.00. The highest BCUT2D eigenvalue weighted by molar-refractivity contribution is 5.84. The number of alkyl halides is 3. The Morgan fingerprint density at radius 2 is 1.85 bits per heavy atom. The van der Waals surface area contributed by atoms with Crippen molar-refractivity contribution >= 4 is 16.5 Å². The van der Waals surface area contributed by atoms with Crippen molar-refractivity contribution in [3.8, 4) is 0 Å². The number of hydrogen-bond donors (Lipinski definition) is 1. The molecule has 2 aromatic carbocycles. The van der Waals surface area contributed by atoms with Gasteiger partial charge in [-0.25, -0.2) is 0 Å². The van der Waals surface area contributed by atoms with Gasteiger partial charge in [0, 0.05) is 49.1 Å². The molecule has 1 aliphatic rings. The average Bonchev–Trinajstić information content (AvgIpc) is 3.08. The molecule has 4 rings (SSSR count). The summed E-state index contributed by atoms with van der Waals surface area (Å²) in [6.45, 7) is 2.46. The van der Waals surface area contributed by atoms with E-state index in [4.69, 9.17) is 0 Å². The Hall–Kier alpha value is -2.60. The van der Waals surface area contributed by atoms with Crippen molar-refractivity contribution < 1.29 is 13.2 Å². The van der Waals surface area contributed by atoms with E-state index >= 15 is 0 Å². The molecule has 1 atom stereocenters. The average molecular weight is 371 g/mol. The van der Waals surface area contributed by atoms with Gasteiger partial charge in [0.1, 0.15) is 0 Å². The van der Waals surface area contributed by atoms with Gasteiger partial charge < -0.3 is 5.32 Å². The predicted molar refractivity (Wildman–Crippen MR) is 100 cm³/mol. The monoisotopic (exact) mass is 371 g/mol. The third-order valence-corrected chi connectivity index (χ3v) is 4.97. The van der Waals surface area contributed by atoms with Crippen molar-refractivity contribution in [2.45, 2.75) is 25.2 Å². The van der Waals surface area contributed by atoms with Crippen LogP contribution in [0.25, 0.3) is 10.8 Å². The largest absolute Gasteiger partial charge is 0.416 e. The van der Waals surface area contributed by atoms with E-state index in [1.807, 2.05) is 12.3 Å². The van der Waals surface area contributed by atoms with Gasteiger partial charge in [-0.1, -0.05) is 18.2 Å². The molecular weight excluding hydrogens is 351 g/mol. The summed E-state index contributed by atoms with van der Waals surface area (Å²) in [5.41, 5.74) is 1.38. The molecule has 1 saturated heterocycles. The Balaban J connectivity index is 1.35. The van der Waals surface area contributed by atoms with E-state index in [9.17, 15) is 13.2 Å². The van der Waals surface area contributed by atoms with Crippen molar-refractivity contribution in [1.29, 1.82) is 0 Å². The lowest BCUT2D eigenvalue weighted by atomic mass is 10.1. The van der Waals surface area contributed by atoms with E-state index in [0.29, 0.717) is 12.6 Å². The smallest absolute Gasteiger partial charge is 0.381 e. The van der Waals surface area contributed by atoms with Crippen LogP contribution in [0.1, 0.15) is 17.5 Å². The van der Waals surface area contributed by atoms with Crippen LogP contribution in [-0.2, 0) is 12.7 Å². The minimum atomic E-state index is -4.28. The second-order valence-corrected chi connectivity index (χ2v) is 7.00. The van der Waals surface area contributed by atoms with Crippen LogP contribution in [0.5, 0.6) is 0 Å². The number of hydrogen-bond acceptors (Lipinski definition) is 3. The molecule has 0 unspecified atom stereocenters. The molecule has 6 heteroatoms. The predicted octanol–water partition coefficient (Wildman–Crippen LogP) is 4.94. The first-order valence-corrected chi connectivity index (χ1v) is 8.96. The Labute approximate surface area is 155 Å². The lowest BCUT2D eigenvalue weighted by molar-refractivity contribution is -0.137. The number of fused-ring (bicyclic) bond motifs is 1. The van der Waals surface area contributed by atoms with E-state index in [-0.39, 0.29) is 0 Å². The van der Waals surface area contributed by atoms with E-state index in [1.165, 1.54) is 0 Å². The van der Waals surface area contributed by atoms with E-state index < -0.39 is 11.7 Å². The highest BCUT2D eigenvalue weighted by Gasteiger charge is 2.30.